The van der Waals surface area contributed by atoms with Gasteiger partial charge in [0.1, 0.15) is 17.2 Å². The van der Waals surface area contributed by atoms with Crippen molar-refractivity contribution in [1.82, 2.24) is 0 Å². The van der Waals surface area contributed by atoms with Gasteiger partial charge in [0.2, 0.25) is 0 Å². The minimum atomic E-state index is -1.31. The van der Waals surface area contributed by atoms with E-state index in [0.29, 0.717) is 22.6 Å². The van der Waals surface area contributed by atoms with Gasteiger partial charge in [-0.3, -0.25) is 0 Å². The molecule has 0 saturated carbocycles. The number of hydrogen-bond donors (Lipinski definition) is 1. The molecule has 5 nitrogen and oxygen atoms in total. The molecule has 2 rings (SSSR count). The summed E-state index contributed by atoms with van der Waals surface area (Å²) in [6.45, 7) is 0. The number of phenolic OH excluding ortho intramolecular Hbond substituents is 1. The second-order valence-corrected chi connectivity index (χ2v) is 4.54. The van der Waals surface area contributed by atoms with E-state index in [1.165, 1.54) is 44.6 Å². The van der Waals surface area contributed by atoms with Crippen LogP contribution in [0.2, 0.25) is 0 Å². The molecular weight excluding hydrogens is 307 g/mol. The van der Waals surface area contributed by atoms with Crippen molar-refractivity contribution in [2.24, 2.45) is 0 Å². The fourth-order valence-corrected chi connectivity index (χ4v) is 1.98. The molecule has 0 aliphatic carbocycles. The Bertz CT molecular complexity index is 685. The van der Waals surface area contributed by atoms with Crippen LogP contribution in [0.5, 0.6) is 17.2 Å². The molecule has 0 saturated heterocycles. The summed E-state index contributed by atoms with van der Waals surface area (Å²) in [6, 6.07) is 10.9. The summed E-state index contributed by atoms with van der Waals surface area (Å²) in [5.41, 5.74) is 1.03. The number of carboxylic acids is 1. The largest absolute Gasteiger partial charge is 1.00 e. The molecule has 0 fully saturated rings. The zero-order valence-corrected chi connectivity index (χ0v) is 15.2. The van der Waals surface area contributed by atoms with E-state index in [4.69, 9.17) is 9.47 Å². The minimum absolute atomic E-state index is 0. The Morgan fingerprint density at radius 2 is 1.57 bits per heavy atom. The molecule has 2 aromatic carbocycles. The summed E-state index contributed by atoms with van der Waals surface area (Å²) in [7, 11) is 3.03. The maximum Gasteiger partial charge on any atom is 1.00 e. The molecule has 0 atom stereocenters. The Balaban J connectivity index is 0.00000264. The van der Waals surface area contributed by atoms with E-state index in [0.717, 1.165) is 0 Å². The van der Waals surface area contributed by atoms with Crippen LogP contribution >= 0.6 is 0 Å². The van der Waals surface area contributed by atoms with Crippen molar-refractivity contribution < 1.29 is 54.0 Å². The molecule has 1 N–H and O–H groups in total. The number of methoxy groups -OCH3 is 2. The van der Waals surface area contributed by atoms with Gasteiger partial charge in [0.05, 0.1) is 20.2 Å². The van der Waals surface area contributed by atoms with Crippen LogP contribution < -0.4 is 44.1 Å². The summed E-state index contributed by atoms with van der Waals surface area (Å²) in [4.78, 5) is 11.4. The van der Waals surface area contributed by atoms with Crippen molar-refractivity contribution in [3.8, 4) is 17.2 Å². The summed E-state index contributed by atoms with van der Waals surface area (Å²) >= 11 is 0. The van der Waals surface area contributed by atoms with Crippen molar-refractivity contribution in [3.63, 3.8) is 0 Å². The molecule has 0 amide bonds. The van der Waals surface area contributed by atoms with Gasteiger partial charge in [0, 0.05) is 11.6 Å². The molecule has 0 radical (unpaired) electrons. The van der Waals surface area contributed by atoms with Crippen LogP contribution in [-0.4, -0.2) is 25.3 Å². The fourth-order valence-electron chi connectivity index (χ4n) is 1.98. The van der Waals surface area contributed by atoms with E-state index in [1.807, 2.05) is 0 Å². The second kappa shape index (κ2) is 8.62. The minimum Gasteiger partial charge on any atom is -0.545 e. The van der Waals surface area contributed by atoms with E-state index >= 15 is 0 Å². The maximum atomic E-state index is 11.4. The number of carboxylic acid groups (broad SMARTS) is 1. The van der Waals surface area contributed by atoms with Gasteiger partial charge in [-0.1, -0.05) is 12.1 Å². The zero-order chi connectivity index (χ0) is 16.1. The molecule has 114 valence electrons. The summed E-state index contributed by atoms with van der Waals surface area (Å²) in [6.07, 6.45) is 1.47. The topological polar surface area (TPSA) is 78.8 Å². The van der Waals surface area contributed by atoms with Crippen molar-refractivity contribution >= 4 is 17.6 Å². The molecule has 23 heavy (non-hydrogen) atoms. The van der Waals surface area contributed by atoms with Gasteiger partial charge < -0.3 is 24.5 Å². The van der Waals surface area contributed by atoms with Gasteiger partial charge in [-0.05, 0) is 41.5 Å². The Morgan fingerprint density at radius 1 is 1.04 bits per heavy atom. The maximum absolute atomic E-state index is 11.4. The number of rotatable bonds is 5. The standard InChI is InChI=1S/C17H16O5.Na/c1-21-14-7-11(8-15(10-14)22-2)9-16(17(19)20)12-3-5-13(18)6-4-12;/h3-10,18H,1-2H3,(H,19,20);/q;+1/p-1. The van der Waals surface area contributed by atoms with E-state index < -0.39 is 5.97 Å². The predicted molar refractivity (Wildman–Crippen MR) is 80.5 cm³/mol. The molecule has 6 heteroatoms. The third-order valence-corrected chi connectivity index (χ3v) is 3.08. The Labute approximate surface area is 156 Å². The summed E-state index contributed by atoms with van der Waals surface area (Å²) in [5.74, 6) is -0.153. The third-order valence-electron chi connectivity index (χ3n) is 3.08. The Morgan fingerprint density at radius 3 is 2.00 bits per heavy atom. The van der Waals surface area contributed by atoms with Crippen LogP contribution in [0.4, 0.5) is 0 Å². The number of phenols is 1. The molecule has 0 aliphatic rings. The van der Waals surface area contributed by atoms with Crippen molar-refractivity contribution in [3.05, 3.63) is 53.6 Å². The van der Waals surface area contributed by atoms with E-state index in [2.05, 4.69) is 0 Å². The van der Waals surface area contributed by atoms with Crippen LogP contribution in [0.1, 0.15) is 11.1 Å². The first-order chi connectivity index (χ1) is 10.5. The van der Waals surface area contributed by atoms with Gasteiger partial charge in [-0.2, -0.15) is 0 Å². The smallest absolute Gasteiger partial charge is 0.545 e. The zero-order valence-electron chi connectivity index (χ0n) is 13.2. The number of hydrogen-bond acceptors (Lipinski definition) is 5. The van der Waals surface area contributed by atoms with Crippen molar-refractivity contribution in [1.29, 1.82) is 0 Å². The van der Waals surface area contributed by atoms with Crippen LogP contribution in [-0.2, 0) is 4.79 Å². The molecule has 0 aromatic heterocycles. The second-order valence-electron chi connectivity index (χ2n) is 4.54. The average molecular weight is 322 g/mol. The van der Waals surface area contributed by atoms with E-state index in [9.17, 15) is 15.0 Å². The first-order valence-corrected chi connectivity index (χ1v) is 6.49. The van der Waals surface area contributed by atoms with Gasteiger partial charge in [0.15, 0.2) is 0 Å². The van der Waals surface area contributed by atoms with Gasteiger partial charge in [0.25, 0.3) is 0 Å². The Hall–Kier alpha value is -1.95. The van der Waals surface area contributed by atoms with Crippen LogP contribution in [0.15, 0.2) is 42.5 Å². The number of aliphatic carboxylic acids is 1. The van der Waals surface area contributed by atoms with Crippen LogP contribution in [0, 0.1) is 0 Å². The summed E-state index contributed by atoms with van der Waals surface area (Å²) < 4.78 is 10.3. The van der Waals surface area contributed by atoms with E-state index in [-0.39, 0.29) is 40.9 Å². The molecule has 0 unspecified atom stereocenters. The molecule has 0 aliphatic heterocycles. The number of aromatic hydroxyl groups is 1. The average Bonchev–Trinajstić information content (AvgIpc) is 2.53. The third kappa shape index (κ3) is 5.03. The number of ether oxygens (including phenoxy) is 2. The van der Waals surface area contributed by atoms with Gasteiger partial charge in [-0.15, -0.1) is 0 Å². The van der Waals surface area contributed by atoms with E-state index in [1.54, 1.807) is 18.2 Å². The van der Waals surface area contributed by atoms with Crippen molar-refractivity contribution in [2.75, 3.05) is 14.2 Å². The molecule has 0 heterocycles. The number of carbonyl (C=O) groups is 1. The number of carbonyl (C=O) groups excluding carboxylic acids is 1. The van der Waals surface area contributed by atoms with Gasteiger partial charge >= 0.3 is 29.6 Å². The first-order valence-electron chi connectivity index (χ1n) is 6.49. The fraction of sp³-hybridized carbons (Fsp3) is 0.118. The van der Waals surface area contributed by atoms with Crippen molar-refractivity contribution in [2.45, 2.75) is 0 Å². The molecule has 0 bridgehead atoms. The molecular formula is C17H15NaO5. The first kappa shape index (κ1) is 19.1. The number of benzene rings is 2. The Kier molecular flexibility index (Phi) is 7.16. The quantitative estimate of drug-likeness (QED) is 0.421. The molecule has 0 spiro atoms. The van der Waals surface area contributed by atoms with Crippen LogP contribution in [0.25, 0.3) is 11.6 Å². The van der Waals surface area contributed by atoms with Gasteiger partial charge in [-0.25, -0.2) is 0 Å². The molecule has 2 aromatic rings. The normalized spacial score (nSPS) is 10.6. The predicted octanol–water partition coefficient (Wildman–Crippen LogP) is -1.30. The SMILES string of the molecule is COc1cc(C=C(C(=O)[O-])c2ccc(O)cc2)cc(OC)c1.[Na+]. The summed E-state index contributed by atoms with van der Waals surface area (Å²) in [5, 5.41) is 20.7. The monoisotopic (exact) mass is 322 g/mol. The van der Waals surface area contributed by atoms with Crippen LogP contribution in [0.3, 0.4) is 0 Å².